The quantitative estimate of drug-likeness (QED) is 0.207. The summed E-state index contributed by atoms with van der Waals surface area (Å²) in [5, 5.41) is 7.11. The monoisotopic (exact) mass is 725 g/mol. The number of halogens is 3. The van der Waals surface area contributed by atoms with Crippen molar-refractivity contribution < 1.29 is 32.6 Å². The third kappa shape index (κ3) is 8.07. The van der Waals surface area contributed by atoms with E-state index in [1.165, 1.54) is 48.3 Å². The Morgan fingerprint density at radius 3 is 2.35 bits per heavy atom. The minimum atomic E-state index is -1.09. The lowest BCUT2D eigenvalue weighted by Crippen LogP contribution is -2.48. The van der Waals surface area contributed by atoms with Crippen molar-refractivity contribution in [3.8, 4) is 22.4 Å². The highest BCUT2D eigenvalue weighted by Gasteiger charge is 2.31. The second-order valence-corrected chi connectivity index (χ2v) is 13.8. The van der Waals surface area contributed by atoms with Gasteiger partial charge in [-0.15, -0.1) is 0 Å². The van der Waals surface area contributed by atoms with Gasteiger partial charge in [0, 0.05) is 68.4 Å². The summed E-state index contributed by atoms with van der Waals surface area (Å²) in [5.41, 5.74) is 1.29. The first-order valence-electron chi connectivity index (χ1n) is 16.5. The van der Waals surface area contributed by atoms with Gasteiger partial charge in [0.25, 0.3) is 11.8 Å². The van der Waals surface area contributed by atoms with Crippen LogP contribution in [-0.4, -0.2) is 92.5 Å². The van der Waals surface area contributed by atoms with Crippen LogP contribution in [0.15, 0.2) is 42.7 Å². The maximum atomic E-state index is 15.5. The number of hydrogen-bond donors (Lipinski definition) is 1. The topological polar surface area (TPSA) is 124 Å². The van der Waals surface area contributed by atoms with Crippen molar-refractivity contribution >= 4 is 35.2 Å². The van der Waals surface area contributed by atoms with Crippen LogP contribution in [-0.2, 0) is 23.1 Å². The summed E-state index contributed by atoms with van der Waals surface area (Å²) in [6, 6.07) is 7.40. The first-order valence-corrected chi connectivity index (χ1v) is 16.9. The number of ether oxygens (including phenoxy) is 2. The number of carbonyl (C=O) groups excluding carboxylic acids is 3. The van der Waals surface area contributed by atoms with Crippen LogP contribution in [0.3, 0.4) is 0 Å². The fourth-order valence-electron chi connectivity index (χ4n) is 6.00. The summed E-state index contributed by atoms with van der Waals surface area (Å²) in [4.78, 5) is 46.5. The number of rotatable bonds is 9. The van der Waals surface area contributed by atoms with Gasteiger partial charge in [0.1, 0.15) is 5.60 Å². The number of carbonyl (C=O) groups is 3. The van der Waals surface area contributed by atoms with Crippen LogP contribution in [0, 0.1) is 18.6 Å². The van der Waals surface area contributed by atoms with E-state index in [9.17, 15) is 14.4 Å². The van der Waals surface area contributed by atoms with Crippen molar-refractivity contribution in [2.75, 3.05) is 39.2 Å². The van der Waals surface area contributed by atoms with Gasteiger partial charge in [-0.3, -0.25) is 14.3 Å². The van der Waals surface area contributed by atoms with Gasteiger partial charge in [-0.05, 0) is 64.8 Å². The number of hydrogen-bond acceptors (Lipinski definition) is 7. The maximum Gasteiger partial charge on any atom is 0.410 e. The number of benzene rings is 2. The lowest BCUT2D eigenvalue weighted by atomic mass is 10.0. The Bertz CT molecular complexity index is 1950. The molecule has 0 spiro atoms. The van der Waals surface area contributed by atoms with E-state index in [-0.39, 0.29) is 45.2 Å². The van der Waals surface area contributed by atoms with Gasteiger partial charge in [0.15, 0.2) is 17.5 Å². The molecule has 3 heterocycles. The van der Waals surface area contributed by atoms with Crippen molar-refractivity contribution in [2.24, 2.45) is 7.05 Å². The zero-order chi connectivity index (χ0) is 37.2. The molecule has 4 aromatic rings. The van der Waals surface area contributed by atoms with Crippen molar-refractivity contribution in [2.45, 2.75) is 58.7 Å². The first kappa shape index (κ1) is 37.4. The molecule has 0 radical (unpaired) electrons. The van der Waals surface area contributed by atoms with Crippen LogP contribution in [0.1, 0.15) is 60.3 Å². The fourth-order valence-corrected chi connectivity index (χ4v) is 6.26. The molecule has 5 rings (SSSR count). The number of aromatic nitrogens is 4. The highest BCUT2D eigenvalue weighted by Crippen LogP contribution is 2.33. The third-order valence-corrected chi connectivity index (χ3v) is 9.20. The molecule has 0 unspecified atom stereocenters. The van der Waals surface area contributed by atoms with Gasteiger partial charge >= 0.3 is 6.09 Å². The summed E-state index contributed by atoms with van der Waals surface area (Å²) in [5.74, 6) is -3.07. The molecule has 2 aromatic carbocycles. The van der Waals surface area contributed by atoms with E-state index in [2.05, 4.69) is 15.4 Å². The SMILES string of the molecule is COCCn1ncc(-c2ccc(-c3cnc(C(=O)Nc4ccc(C(=O)N5CCC(N(C)C(=O)OC(C)(C)C)CC5)c(Cl)c4)n3C)c(F)c2F)c1C. The minimum absolute atomic E-state index is 0.0559. The van der Waals surface area contributed by atoms with E-state index < -0.39 is 29.2 Å². The summed E-state index contributed by atoms with van der Waals surface area (Å²) < 4.78 is 44.5. The second kappa shape index (κ2) is 15.2. The molecule has 272 valence electrons. The van der Waals surface area contributed by atoms with E-state index in [4.69, 9.17) is 21.1 Å². The zero-order valence-corrected chi connectivity index (χ0v) is 30.5. The molecule has 3 amide bonds. The molecule has 0 saturated carbocycles. The zero-order valence-electron chi connectivity index (χ0n) is 29.7. The van der Waals surface area contributed by atoms with Crippen LogP contribution in [0.4, 0.5) is 19.3 Å². The number of piperidine rings is 1. The summed E-state index contributed by atoms with van der Waals surface area (Å²) in [6.07, 6.45) is 3.55. The number of methoxy groups -OCH3 is 1. The minimum Gasteiger partial charge on any atom is -0.444 e. The molecule has 1 saturated heterocycles. The predicted octanol–water partition coefficient (Wildman–Crippen LogP) is 6.56. The van der Waals surface area contributed by atoms with Crippen LogP contribution in [0.5, 0.6) is 0 Å². The highest BCUT2D eigenvalue weighted by atomic mass is 35.5. The Morgan fingerprint density at radius 1 is 1.04 bits per heavy atom. The van der Waals surface area contributed by atoms with Gasteiger partial charge in [0.05, 0.1) is 41.8 Å². The number of nitrogens with zero attached hydrogens (tertiary/aromatic N) is 6. The standard InChI is InChI=1S/C36H42ClF2N7O5/c1-21-27(19-41-46(21)16-17-50-7)24-10-11-26(31(39)30(24)38)29-20-40-32(44(29)6)33(47)42-22-8-9-25(28(37)18-22)34(48)45-14-12-23(13-15-45)43(5)35(49)51-36(2,3)4/h8-11,18-20,23H,12-17H2,1-7H3,(H,42,47). The average Bonchev–Trinajstić information content (AvgIpc) is 3.65. The number of imidazole rings is 1. The first-order chi connectivity index (χ1) is 24.1. The Kier molecular flexibility index (Phi) is 11.2. The molecule has 2 aromatic heterocycles. The lowest BCUT2D eigenvalue weighted by molar-refractivity contribution is 0.0155. The van der Waals surface area contributed by atoms with E-state index in [1.54, 1.807) is 41.6 Å². The molecule has 51 heavy (non-hydrogen) atoms. The molecule has 1 fully saturated rings. The Morgan fingerprint density at radius 2 is 1.71 bits per heavy atom. The predicted molar refractivity (Wildman–Crippen MR) is 189 cm³/mol. The van der Waals surface area contributed by atoms with E-state index in [1.807, 2.05) is 20.8 Å². The number of nitrogens with one attached hydrogen (secondary N) is 1. The van der Waals surface area contributed by atoms with Crippen LogP contribution in [0.2, 0.25) is 5.02 Å². The Hall–Kier alpha value is -4.82. The third-order valence-electron chi connectivity index (χ3n) is 8.89. The Labute approximate surface area is 300 Å². The van der Waals surface area contributed by atoms with Crippen LogP contribution in [0.25, 0.3) is 22.4 Å². The molecule has 15 heteroatoms. The van der Waals surface area contributed by atoms with E-state index in [0.717, 1.165) is 0 Å². The number of amides is 3. The Balaban J connectivity index is 1.24. The van der Waals surface area contributed by atoms with Gasteiger partial charge in [0.2, 0.25) is 0 Å². The molecule has 0 bridgehead atoms. The van der Waals surface area contributed by atoms with E-state index in [0.29, 0.717) is 56.0 Å². The molecular weight excluding hydrogens is 684 g/mol. The van der Waals surface area contributed by atoms with Crippen LogP contribution < -0.4 is 5.32 Å². The molecule has 1 aliphatic heterocycles. The molecule has 1 N–H and O–H groups in total. The second-order valence-electron chi connectivity index (χ2n) is 13.4. The number of likely N-dealkylation sites (tertiary alicyclic amines) is 1. The lowest BCUT2D eigenvalue weighted by Gasteiger charge is -2.37. The van der Waals surface area contributed by atoms with Crippen molar-refractivity contribution in [3.63, 3.8) is 0 Å². The summed E-state index contributed by atoms with van der Waals surface area (Å²) in [7, 11) is 4.79. The van der Waals surface area contributed by atoms with Gasteiger partial charge in [-0.25, -0.2) is 18.6 Å². The number of anilines is 1. The van der Waals surface area contributed by atoms with Gasteiger partial charge in [-0.2, -0.15) is 5.10 Å². The molecule has 12 nitrogen and oxygen atoms in total. The fraction of sp³-hybridized carbons (Fsp3) is 0.417. The van der Waals surface area contributed by atoms with Crippen molar-refractivity contribution in [1.82, 2.24) is 29.1 Å². The highest BCUT2D eigenvalue weighted by molar-refractivity contribution is 6.34. The van der Waals surface area contributed by atoms with Crippen molar-refractivity contribution in [3.05, 3.63) is 76.5 Å². The smallest absolute Gasteiger partial charge is 0.410 e. The average molecular weight is 726 g/mol. The molecule has 0 aliphatic carbocycles. The summed E-state index contributed by atoms with van der Waals surface area (Å²) >= 11 is 6.52. The van der Waals surface area contributed by atoms with E-state index >= 15 is 8.78 Å². The molecular formula is C36H42ClF2N7O5. The maximum absolute atomic E-state index is 15.5. The van der Waals surface area contributed by atoms with Gasteiger partial charge in [-0.1, -0.05) is 17.7 Å². The summed E-state index contributed by atoms with van der Waals surface area (Å²) in [6.45, 7) is 8.96. The normalized spacial score (nSPS) is 13.7. The largest absolute Gasteiger partial charge is 0.444 e. The van der Waals surface area contributed by atoms with Gasteiger partial charge < -0.3 is 29.2 Å². The van der Waals surface area contributed by atoms with Crippen LogP contribution >= 0.6 is 11.6 Å². The molecule has 1 aliphatic rings. The van der Waals surface area contributed by atoms with Crippen molar-refractivity contribution in [1.29, 1.82) is 0 Å². The molecule has 0 atom stereocenters.